The zero-order chi connectivity index (χ0) is 12.5. The Balaban J connectivity index is 2.59. The van der Waals surface area contributed by atoms with Gasteiger partial charge in [0.15, 0.2) is 0 Å². The molecular formula is C14H19NOS. The van der Waals surface area contributed by atoms with Crippen molar-refractivity contribution >= 4 is 17.4 Å². The molecule has 0 aliphatic heterocycles. The van der Waals surface area contributed by atoms with Crippen LogP contribution in [0.3, 0.4) is 0 Å². The molecule has 0 fully saturated rings. The van der Waals surface area contributed by atoms with E-state index in [0.29, 0.717) is 11.8 Å². The zero-order valence-corrected chi connectivity index (χ0v) is 11.1. The zero-order valence-electron chi connectivity index (χ0n) is 10.3. The summed E-state index contributed by atoms with van der Waals surface area (Å²) in [6, 6.07) is 10.3. The van der Waals surface area contributed by atoms with E-state index in [0.717, 1.165) is 19.5 Å². The molecule has 0 radical (unpaired) electrons. The van der Waals surface area contributed by atoms with Gasteiger partial charge in [0.25, 0.3) is 5.17 Å². The predicted molar refractivity (Wildman–Crippen MR) is 75.9 cm³/mol. The van der Waals surface area contributed by atoms with Crippen molar-refractivity contribution in [1.82, 2.24) is 4.90 Å². The largest absolute Gasteiger partial charge is 0.467 e. The third-order valence-corrected chi connectivity index (χ3v) is 2.67. The van der Waals surface area contributed by atoms with Crippen LogP contribution in [-0.4, -0.2) is 23.2 Å². The van der Waals surface area contributed by atoms with E-state index in [-0.39, 0.29) is 0 Å². The van der Waals surface area contributed by atoms with E-state index in [2.05, 4.69) is 30.5 Å². The number of hydrogen-bond donors (Lipinski definition) is 0. The molecule has 2 nitrogen and oxygen atoms in total. The minimum absolute atomic E-state index is 0.466. The van der Waals surface area contributed by atoms with Crippen molar-refractivity contribution in [3.05, 3.63) is 48.6 Å². The van der Waals surface area contributed by atoms with Gasteiger partial charge in [0.05, 0.1) is 0 Å². The molecule has 0 heterocycles. The summed E-state index contributed by atoms with van der Waals surface area (Å²) in [7, 11) is 0. The highest BCUT2D eigenvalue weighted by atomic mass is 32.1. The predicted octanol–water partition coefficient (Wildman–Crippen LogP) is 3.39. The van der Waals surface area contributed by atoms with E-state index in [1.807, 2.05) is 18.2 Å². The summed E-state index contributed by atoms with van der Waals surface area (Å²) in [5, 5.41) is 0.551. The van der Waals surface area contributed by atoms with Gasteiger partial charge in [-0.25, -0.2) is 0 Å². The number of hydrogen-bond acceptors (Lipinski definition) is 2. The maximum absolute atomic E-state index is 5.42. The van der Waals surface area contributed by atoms with Gasteiger partial charge in [-0.2, -0.15) is 0 Å². The lowest BCUT2D eigenvalue weighted by molar-refractivity contribution is 0.263. The molecule has 92 valence electrons. The highest BCUT2D eigenvalue weighted by Crippen LogP contribution is 2.07. The second kappa shape index (κ2) is 7.85. The molecule has 0 aliphatic carbocycles. The van der Waals surface area contributed by atoms with E-state index in [9.17, 15) is 0 Å². The topological polar surface area (TPSA) is 12.5 Å². The van der Waals surface area contributed by atoms with E-state index in [1.165, 1.54) is 5.56 Å². The molecule has 1 aromatic rings. The molecule has 3 heteroatoms. The average molecular weight is 249 g/mol. The number of nitrogens with zero attached hydrogens (tertiary/aromatic N) is 1. The number of thiocarbonyl (C=S) groups is 1. The maximum atomic E-state index is 5.42. The molecule has 0 atom stereocenters. The quantitative estimate of drug-likeness (QED) is 0.566. The Hall–Kier alpha value is -1.35. The molecule has 0 saturated carbocycles. The molecule has 0 aliphatic rings. The normalized spacial score (nSPS) is 9.71. The van der Waals surface area contributed by atoms with Crippen LogP contribution in [0.1, 0.15) is 18.9 Å². The first-order chi connectivity index (χ1) is 8.27. The molecule has 1 rings (SSSR count). The first-order valence-electron chi connectivity index (χ1n) is 5.84. The van der Waals surface area contributed by atoms with Gasteiger partial charge in [-0.05, 0) is 24.2 Å². The molecule has 0 amide bonds. The van der Waals surface area contributed by atoms with Gasteiger partial charge in [-0.1, -0.05) is 49.9 Å². The Labute approximate surface area is 109 Å². The van der Waals surface area contributed by atoms with E-state index < -0.39 is 0 Å². The van der Waals surface area contributed by atoms with Crippen molar-refractivity contribution in [2.24, 2.45) is 0 Å². The van der Waals surface area contributed by atoms with Crippen LogP contribution < -0.4 is 0 Å². The highest BCUT2D eigenvalue weighted by Gasteiger charge is 2.09. The van der Waals surface area contributed by atoms with Crippen LogP contribution in [0, 0.1) is 0 Å². The molecule has 1 aromatic carbocycles. The van der Waals surface area contributed by atoms with Gasteiger partial charge >= 0.3 is 0 Å². The van der Waals surface area contributed by atoms with Gasteiger partial charge < -0.3 is 9.64 Å². The van der Waals surface area contributed by atoms with Crippen molar-refractivity contribution in [3.63, 3.8) is 0 Å². The average Bonchev–Trinajstić information content (AvgIpc) is 2.36. The Kier molecular flexibility index (Phi) is 6.33. The molecule has 0 saturated heterocycles. The summed E-state index contributed by atoms with van der Waals surface area (Å²) in [5.41, 5.74) is 1.24. The molecule has 0 N–H and O–H groups in total. The van der Waals surface area contributed by atoms with E-state index in [1.54, 1.807) is 6.08 Å². The van der Waals surface area contributed by atoms with Crippen LogP contribution in [0.25, 0.3) is 0 Å². The van der Waals surface area contributed by atoms with Gasteiger partial charge in [0.2, 0.25) is 0 Å². The molecule has 0 spiro atoms. The van der Waals surface area contributed by atoms with Gasteiger partial charge in [-0.15, -0.1) is 0 Å². The van der Waals surface area contributed by atoms with Crippen molar-refractivity contribution in [3.8, 4) is 0 Å². The number of benzene rings is 1. The van der Waals surface area contributed by atoms with Crippen molar-refractivity contribution < 1.29 is 4.74 Å². The van der Waals surface area contributed by atoms with Gasteiger partial charge in [-0.3, -0.25) is 0 Å². The third-order valence-electron chi connectivity index (χ3n) is 2.29. The number of ether oxygens (including phenoxy) is 1. The smallest absolute Gasteiger partial charge is 0.259 e. The Morgan fingerprint density at radius 1 is 1.41 bits per heavy atom. The third kappa shape index (κ3) is 5.00. The second-order valence-corrected chi connectivity index (χ2v) is 4.12. The van der Waals surface area contributed by atoms with Crippen molar-refractivity contribution in [1.29, 1.82) is 0 Å². The standard InChI is InChI=1S/C14H19NOS/c1-3-10-15(14(17)16-11-4-2)12-13-8-6-5-7-9-13/h4-9H,2-3,10-12H2,1H3. The number of rotatable bonds is 6. The molecular weight excluding hydrogens is 230 g/mol. The van der Waals surface area contributed by atoms with Gasteiger partial charge in [0, 0.05) is 13.1 Å². The molecule has 0 aromatic heterocycles. The summed E-state index contributed by atoms with van der Waals surface area (Å²) in [6.07, 6.45) is 2.75. The van der Waals surface area contributed by atoms with Gasteiger partial charge in [0.1, 0.15) is 6.61 Å². The van der Waals surface area contributed by atoms with Crippen LogP contribution >= 0.6 is 12.2 Å². The van der Waals surface area contributed by atoms with Crippen LogP contribution in [0.2, 0.25) is 0 Å². The maximum Gasteiger partial charge on any atom is 0.259 e. The monoisotopic (exact) mass is 249 g/mol. The van der Waals surface area contributed by atoms with Crippen molar-refractivity contribution in [2.45, 2.75) is 19.9 Å². The SMILES string of the molecule is C=CCOC(=S)N(CCC)Cc1ccccc1. The Bertz CT molecular complexity index is 350. The minimum Gasteiger partial charge on any atom is -0.467 e. The molecule has 0 bridgehead atoms. The first kappa shape index (κ1) is 13.7. The lowest BCUT2D eigenvalue weighted by Crippen LogP contribution is -2.31. The summed E-state index contributed by atoms with van der Waals surface area (Å²) < 4.78 is 5.42. The van der Waals surface area contributed by atoms with Crippen LogP contribution in [-0.2, 0) is 11.3 Å². The summed E-state index contributed by atoms with van der Waals surface area (Å²) >= 11 is 5.26. The Morgan fingerprint density at radius 3 is 2.71 bits per heavy atom. The van der Waals surface area contributed by atoms with E-state index >= 15 is 0 Å². The fourth-order valence-corrected chi connectivity index (χ4v) is 1.75. The fraction of sp³-hybridized carbons (Fsp3) is 0.357. The summed E-state index contributed by atoms with van der Waals surface area (Å²) in [6.45, 7) is 7.92. The fourth-order valence-electron chi connectivity index (χ4n) is 1.53. The first-order valence-corrected chi connectivity index (χ1v) is 6.25. The van der Waals surface area contributed by atoms with Crippen LogP contribution in [0.15, 0.2) is 43.0 Å². The Morgan fingerprint density at radius 2 is 2.12 bits per heavy atom. The summed E-state index contributed by atoms with van der Waals surface area (Å²) in [4.78, 5) is 2.08. The van der Waals surface area contributed by atoms with Crippen LogP contribution in [0.5, 0.6) is 0 Å². The van der Waals surface area contributed by atoms with Crippen LogP contribution in [0.4, 0.5) is 0 Å². The summed E-state index contributed by atoms with van der Waals surface area (Å²) in [5.74, 6) is 0. The lowest BCUT2D eigenvalue weighted by Gasteiger charge is -2.24. The minimum atomic E-state index is 0.466. The molecule has 17 heavy (non-hydrogen) atoms. The van der Waals surface area contributed by atoms with Crippen molar-refractivity contribution in [2.75, 3.05) is 13.2 Å². The second-order valence-electron chi connectivity index (χ2n) is 3.77. The lowest BCUT2D eigenvalue weighted by atomic mass is 10.2. The highest BCUT2D eigenvalue weighted by molar-refractivity contribution is 7.80. The van der Waals surface area contributed by atoms with E-state index in [4.69, 9.17) is 17.0 Å². The molecule has 0 unspecified atom stereocenters.